The van der Waals surface area contributed by atoms with Gasteiger partial charge >= 0.3 is 0 Å². The molecule has 8 heteroatoms. The van der Waals surface area contributed by atoms with Crippen LogP contribution >= 0.6 is 0 Å². The molecule has 2 saturated heterocycles. The Kier molecular flexibility index (Phi) is 5.95. The van der Waals surface area contributed by atoms with Gasteiger partial charge in [0.2, 0.25) is 15.9 Å². The Morgan fingerprint density at radius 1 is 1.07 bits per heavy atom. The van der Waals surface area contributed by atoms with Gasteiger partial charge in [-0.25, -0.2) is 12.7 Å². The van der Waals surface area contributed by atoms with E-state index in [-0.39, 0.29) is 24.4 Å². The highest BCUT2D eigenvalue weighted by molar-refractivity contribution is 7.88. The molecule has 1 amide bonds. The summed E-state index contributed by atoms with van der Waals surface area (Å²) in [4.78, 5) is 15.1. The fraction of sp³-hybridized carbons (Fsp3) is 0.632. The largest absolute Gasteiger partial charge is 0.493 e. The molecule has 2 fully saturated rings. The van der Waals surface area contributed by atoms with E-state index >= 15 is 0 Å². The van der Waals surface area contributed by atoms with Gasteiger partial charge < -0.3 is 14.4 Å². The quantitative estimate of drug-likeness (QED) is 0.761. The summed E-state index contributed by atoms with van der Waals surface area (Å²) in [6.07, 6.45) is 4.50. The van der Waals surface area contributed by atoms with Gasteiger partial charge in [-0.05, 0) is 43.4 Å². The van der Waals surface area contributed by atoms with E-state index in [1.807, 2.05) is 23.1 Å². The number of nitrogens with zero attached hydrogens (tertiary/aromatic N) is 2. The number of methoxy groups -OCH3 is 2. The topological polar surface area (TPSA) is 76.2 Å². The predicted octanol–water partition coefficient (Wildman–Crippen LogP) is 2.04. The fourth-order valence-electron chi connectivity index (χ4n) is 4.12. The van der Waals surface area contributed by atoms with Crippen LogP contribution in [0.2, 0.25) is 0 Å². The average molecular weight is 397 g/mol. The Morgan fingerprint density at radius 2 is 1.78 bits per heavy atom. The van der Waals surface area contributed by atoms with Gasteiger partial charge in [-0.15, -0.1) is 0 Å². The second-order valence-electron chi connectivity index (χ2n) is 7.26. The van der Waals surface area contributed by atoms with Crippen molar-refractivity contribution in [3.05, 3.63) is 23.8 Å². The van der Waals surface area contributed by atoms with Gasteiger partial charge in [0.05, 0.1) is 32.4 Å². The van der Waals surface area contributed by atoms with Gasteiger partial charge in [0.25, 0.3) is 0 Å². The van der Waals surface area contributed by atoms with Crippen molar-refractivity contribution in [3.8, 4) is 11.5 Å². The average Bonchev–Trinajstić information content (AvgIpc) is 3.16. The summed E-state index contributed by atoms with van der Waals surface area (Å²) in [6, 6.07) is 5.76. The number of hydrogen-bond donors (Lipinski definition) is 0. The number of sulfonamides is 1. The van der Waals surface area contributed by atoms with E-state index < -0.39 is 10.0 Å². The van der Waals surface area contributed by atoms with Crippen molar-refractivity contribution >= 4 is 15.9 Å². The van der Waals surface area contributed by atoms with E-state index in [1.54, 1.807) is 14.2 Å². The molecule has 3 rings (SSSR count). The number of ether oxygens (including phenoxy) is 2. The molecule has 2 heterocycles. The number of piperidine rings is 1. The zero-order chi connectivity index (χ0) is 19.6. The maximum Gasteiger partial charge on any atom is 0.227 e. The number of benzene rings is 1. The van der Waals surface area contributed by atoms with E-state index in [0.29, 0.717) is 24.6 Å². The Hall–Kier alpha value is -1.80. The lowest BCUT2D eigenvalue weighted by Gasteiger charge is -2.34. The van der Waals surface area contributed by atoms with Crippen molar-refractivity contribution in [2.45, 2.75) is 31.7 Å². The third-order valence-corrected chi connectivity index (χ3v) is 6.80. The van der Waals surface area contributed by atoms with Gasteiger partial charge in [-0.1, -0.05) is 6.07 Å². The first-order valence-corrected chi connectivity index (χ1v) is 11.2. The standard InChI is InChI=1S/C19H28N2O5S/c1-25-17-9-8-14(12-18(17)26-2)16-7-5-11-21(16)19(22)15-6-4-10-20(13-15)27(3,23)24/h8-9,12,15-16H,4-7,10-11,13H2,1-3H3/t15-,16+/m0/s1. The second kappa shape index (κ2) is 8.06. The Bertz CT molecular complexity index is 795. The summed E-state index contributed by atoms with van der Waals surface area (Å²) in [6.45, 7) is 1.49. The lowest BCUT2D eigenvalue weighted by Crippen LogP contribution is -2.46. The highest BCUT2D eigenvalue weighted by Gasteiger charge is 2.37. The van der Waals surface area contributed by atoms with Crippen molar-refractivity contribution in [1.29, 1.82) is 0 Å². The number of rotatable bonds is 5. The Labute approximate surface area is 161 Å². The molecule has 0 unspecified atom stereocenters. The van der Waals surface area contributed by atoms with Crippen LogP contribution in [0.25, 0.3) is 0 Å². The van der Waals surface area contributed by atoms with Gasteiger partial charge in [-0.2, -0.15) is 0 Å². The molecule has 0 aromatic heterocycles. The highest BCUT2D eigenvalue weighted by atomic mass is 32.2. The third kappa shape index (κ3) is 4.21. The summed E-state index contributed by atoms with van der Waals surface area (Å²) in [5.74, 6) is 1.10. The van der Waals surface area contributed by atoms with Gasteiger partial charge in [0, 0.05) is 19.6 Å². The molecule has 0 bridgehead atoms. The first-order valence-electron chi connectivity index (χ1n) is 9.32. The van der Waals surface area contributed by atoms with Crippen molar-refractivity contribution in [1.82, 2.24) is 9.21 Å². The minimum absolute atomic E-state index is 0.00841. The molecule has 0 spiro atoms. The van der Waals surface area contributed by atoms with Gasteiger partial charge in [0.15, 0.2) is 11.5 Å². The van der Waals surface area contributed by atoms with Crippen LogP contribution in [0.5, 0.6) is 11.5 Å². The summed E-state index contributed by atoms with van der Waals surface area (Å²) in [5.41, 5.74) is 1.02. The van der Waals surface area contributed by atoms with E-state index in [4.69, 9.17) is 9.47 Å². The zero-order valence-electron chi connectivity index (χ0n) is 16.2. The van der Waals surface area contributed by atoms with Crippen molar-refractivity contribution < 1.29 is 22.7 Å². The van der Waals surface area contributed by atoms with E-state index in [0.717, 1.165) is 31.2 Å². The SMILES string of the molecule is COc1ccc([C@H]2CCCN2C(=O)[C@H]2CCCN(S(C)(=O)=O)C2)cc1OC. The lowest BCUT2D eigenvalue weighted by molar-refractivity contribution is -0.137. The first kappa shape index (κ1) is 19.9. The van der Waals surface area contributed by atoms with Crippen LogP contribution in [-0.4, -0.2) is 63.6 Å². The molecule has 1 aromatic carbocycles. The smallest absolute Gasteiger partial charge is 0.227 e. The van der Waals surface area contributed by atoms with Crippen LogP contribution in [-0.2, 0) is 14.8 Å². The van der Waals surface area contributed by atoms with Crippen molar-refractivity contribution in [3.63, 3.8) is 0 Å². The van der Waals surface area contributed by atoms with E-state index in [2.05, 4.69) is 0 Å². The molecule has 0 aliphatic carbocycles. The predicted molar refractivity (Wildman–Crippen MR) is 102 cm³/mol. The monoisotopic (exact) mass is 396 g/mol. The first-order chi connectivity index (χ1) is 12.8. The molecule has 2 aliphatic rings. The molecular formula is C19H28N2O5S. The van der Waals surface area contributed by atoms with Crippen LogP contribution in [0.1, 0.15) is 37.3 Å². The highest BCUT2D eigenvalue weighted by Crippen LogP contribution is 2.38. The van der Waals surface area contributed by atoms with Crippen LogP contribution < -0.4 is 9.47 Å². The number of hydrogen-bond acceptors (Lipinski definition) is 5. The van der Waals surface area contributed by atoms with Crippen molar-refractivity contribution in [2.24, 2.45) is 5.92 Å². The summed E-state index contributed by atoms with van der Waals surface area (Å²) >= 11 is 0. The summed E-state index contributed by atoms with van der Waals surface area (Å²) in [7, 11) is -0.0711. The maximum atomic E-state index is 13.2. The molecule has 27 heavy (non-hydrogen) atoms. The minimum Gasteiger partial charge on any atom is -0.493 e. The molecule has 2 atom stereocenters. The Balaban J connectivity index is 1.79. The number of amides is 1. The van der Waals surface area contributed by atoms with Crippen LogP contribution in [0, 0.1) is 5.92 Å². The summed E-state index contributed by atoms with van der Waals surface area (Å²) in [5, 5.41) is 0. The summed E-state index contributed by atoms with van der Waals surface area (Å²) < 4.78 is 35.9. The normalized spacial score (nSPS) is 24.0. The molecule has 0 saturated carbocycles. The molecule has 0 radical (unpaired) electrons. The number of carbonyl (C=O) groups is 1. The molecular weight excluding hydrogens is 368 g/mol. The molecule has 2 aliphatic heterocycles. The minimum atomic E-state index is -3.27. The zero-order valence-corrected chi connectivity index (χ0v) is 17.0. The van der Waals surface area contributed by atoms with E-state index in [1.165, 1.54) is 10.6 Å². The van der Waals surface area contributed by atoms with Crippen LogP contribution in [0.4, 0.5) is 0 Å². The maximum absolute atomic E-state index is 13.2. The van der Waals surface area contributed by atoms with Gasteiger partial charge in [0.1, 0.15) is 0 Å². The van der Waals surface area contributed by atoms with E-state index in [9.17, 15) is 13.2 Å². The molecule has 0 N–H and O–H groups in total. The molecule has 7 nitrogen and oxygen atoms in total. The Morgan fingerprint density at radius 3 is 2.44 bits per heavy atom. The molecule has 150 valence electrons. The molecule has 1 aromatic rings. The van der Waals surface area contributed by atoms with Gasteiger partial charge in [-0.3, -0.25) is 4.79 Å². The van der Waals surface area contributed by atoms with Crippen LogP contribution in [0.15, 0.2) is 18.2 Å². The number of carbonyl (C=O) groups excluding carboxylic acids is 1. The number of likely N-dealkylation sites (tertiary alicyclic amines) is 1. The van der Waals surface area contributed by atoms with Crippen molar-refractivity contribution in [2.75, 3.05) is 40.1 Å². The lowest BCUT2D eigenvalue weighted by atomic mass is 9.96. The van der Waals surface area contributed by atoms with Crippen LogP contribution in [0.3, 0.4) is 0 Å². The third-order valence-electron chi connectivity index (χ3n) is 5.53. The second-order valence-corrected chi connectivity index (χ2v) is 9.25. The fourth-order valence-corrected chi connectivity index (χ4v) is 5.03.